The van der Waals surface area contributed by atoms with Crippen LogP contribution in [0.1, 0.15) is 6.92 Å². The fraction of sp³-hybridized carbons (Fsp3) is 0.400. The summed E-state index contributed by atoms with van der Waals surface area (Å²) in [7, 11) is 0. The Morgan fingerprint density at radius 2 is 2.33 bits per heavy atom. The maximum Gasteiger partial charge on any atom is 0.242 e. The van der Waals surface area contributed by atoms with Gasteiger partial charge in [-0.05, 0) is 6.92 Å². The molecule has 4 N–H and O–H groups in total. The lowest BCUT2D eigenvalue weighted by atomic mass is 10.2. The number of fused-ring (bicyclic) bond motifs is 1. The second kappa shape index (κ2) is 3.83. The van der Waals surface area contributed by atoms with Crippen molar-refractivity contribution in [1.82, 2.24) is 25.3 Å². The molecule has 1 amide bonds. The van der Waals surface area contributed by atoms with E-state index in [9.17, 15) is 4.79 Å². The Labute approximate surface area is 103 Å². The van der Waals surface area contributed by atoms with E-state index in [4.69, 9.17) is 5.73 Å². The van der Waals surface area contributed by atoms with E-state index in [-0.39, 0.29) is 17.9 Å². The molecule has 0 spiro atoms. The number of carbonyl (C=O) groups excluding carboxylic acids is 1. The smallest absolute Gasteiger partial charge is 0.242 e. The zero-order valence-electron chi connectivity index (χ0n) is 9.84. The van der Waals surface area contributed by atoms with Crippen molar-refractivity contribution >= 4 is 28.8 Å². The van der Waals surface area contributed by atoms with Crippen molar-refractivity contribution < 1.29 is 4.79 Å². The van der Waals surface area contributed by atoms with Crippen LogP contribution in [0.2, 0.25) is 0 Å². The number of aromatic amines is 1. The van der Waals surface area contributed by atoms with Crippen molar-refractivity contribution in [1.29, 1.82) is 0 Å². The number of hydrogen-bond acceptors (Lipinski definition) is 6. The number of nitrogens with zero attached hydrogens (tertiary/aromatic N) is 4. The van der Waals surface area contributed by atoms with Gasteiger partial charge in [-0.25, -0.2) is 4.98 Å². The van der Waals surface area contributed by atoms with Gasteiger partial charge in [0.1, 0.15) is 11.6 Å². The second-order valence-corrected chi connectivity index (χ2v) is 4.17. The van der Waals surface area contributed by atoms with Gasteiger partial charge in [-0.2, -0.15) is 9.97 Å². The molecule has 2 aromatic heterocycles. The Kier molecular flexibility index (Phi) is 2.29. The number of H-pyrrole nitrogens is 1. The van der Waals surface area contributed by atoms with Crippen LogP contribution < -0.4 is 16.0 Å². The van der Waals surface area contributed by atoms with Gasteiger partial charge in [0.05, 0.1) is 6.33 Å². The average molecular weight is 247 g/mol. The van der Waals surface area contributed by atoms with Crippen LogP contribution in [-0.4, -0.2) is 45.0 Å². The molecule has 8 nitrogen and oxygen atoms in total. The number of nitrogens with two attached hydrogens (primary N) is 1. The summed E-state index contributed by atoms with van der Waals surface area (Å²) >= 11 is 0. The van der Waals surface area contributed by atoms with Crippen LogP contribution in [-0.2, 0) is 4.79 Å². The Balaban J connectivity index is 2.12. The van der Waals surface area contributed by atoms with Crippen LogP contribution in [0, 0.1) is 0 Å². The summed E-state index contributed by atoms with van der Waals surface area (Å²) in [6, 6.07) is -0.292. The minimum absolute atomic E-state index is 0.0221. The zero-order chi connectivity index (χ0) is 12.7. The first-order valence-electron chi connectivity index (χ1n) is 5.68. The molecular weight excluding hydrogens is 234 g/mol. The summed E-state index contributed by atoms with van der Waals surface area (Å²) in [5.74, 6) is 0.756. The highest BCUT2D eigenvalue weighted by atomic mass is 16.2. The first kappa shape index (κ1) is 10.8. The molecule has 1 aliphatic rings. The minimum Gasteiger partial charge on any atom is -0.368 e. The highest BCUT2D eigenvalue weighted by molar-refractivity contribution is 5.90. The largest absolute Gasteiger partial charge is 0.368 e. The molecule has 0 saturated carbocycles. The standard InChI is InChI=1S/C10H13N7O/c1-5-9(18)12-2-3-17(5)8-6-7(14-4-13-6)15-10(11)16-8/h4-5H,2-3H2,1H3,(H,12,18)(H3,11,13,14,15,16). The van der Waals surface area contributed by atoms with E-state index in [1.807, 2.05) is 11.8 Å². The molecule has 1 unspecified atom stereocenters. The van der Waals surface area contributed by atoms with Gasteiger partial charge in [0.2, 0.25) is 11.9 Å². The molecule has 1 fully saturated rings. The Bertz CT molecular complexity index is 607. The highest BCUT2D eigenvalue weighted by Crippen LogP contribution is 2.24. The number of anilines is 2. The van der Waals surface area contributed by atoms with Crippen molar-refractivity contribution in [2.75, 3.05) is 23.7 Å². The van der Waals surface area contributed by atoms with E-state index < -0.39 is 0 Å². The van der Waals surface area contributed by atoms with E-state index in [0.29, 0.717) is 30.1 Å². The average Bonchev–Trinajstić information content (AvgIpc) is 2.79. The van der Waals surface area contributed by atoms with Gasteiger partial charge in [-0.1, -0.05) is 0 Å². The third-order valence-corrected chi connectivity index (χ3v) is 3.05. The summed E-state index contributed by atoms with van der Waals surface area (Å²) in [5.41, 5.74) is 6.88. The molecule has 8 heteroatoms. The summed E-state index contributed by atoms with van der Waals surface area (Å²) in [5, 5.41) is 2.81. The van der Waals surface area contributed by atoms with Crippen LogP contribution in [0.3, 0.4) is 0 Å². The molecule has 1 saturated heterocycles. The van der Waals surface area contributed by atoms with E-state index in [1.54, 1.807) is 0 Å². The number of amides is 1. The normalized spacial score (nSPS) is 20.2. The van der Waals surface area contributed by atoms with Gasteiger partial charge in [-0.15, -0.1) is 0 Å². The zero-order valence-corrected chi connectivity index (χ0v) is 9.84. The number of nitrogens with one attached hydrogen (secondary N) is 2. The topological polar surface area (TPSA) is 113 Å². The number of nitrogen functional groups attached to an aromatic ring is 1. The van der Waals surface area contributed by atoms with Crippen molar-refractivity contribution in [2.45, 2.75) is 13.0 Å². The van der Waals surface area contributed by atoms with Crippen LogP contribution in [0.25, 0.3) is 11.2 Å². The Morgan fingerprint density at radius 3 is 3.17 bits per heavy atom. The minimum atomic E-state index is -0.292. The lowest BCUT2D eigenvalue weighted by molar-refractivity contribution is -0.122. The van der Waals surface area contributed by atoms with Crippen LogP contribution in [0.4, 0.5) is 11.8 Å². The number of imidazole rings is 1. The summed E-state index contributed by atoms with van der Waals surface area (Å²) in [6.45, 7) is 3.09. The quantitative estimate of drug-likeness (QED) is 0.611. The summed E-state index contributed by atoms with van der Waals surface area (Å²) in [4.78, 5) is 28.9. The van der Waals surface area contributed by atoms with E-state index >= 15 is 0 Å². The van der Waals surface area contributed by atoms with Gasteiger partial charge in [0.25, 0.3) is 0 Å². The van der Waals surface area contributed by atoms with Gasteiger partial charge < -0.3 is 20.9 Å². The predicted molar refractivity (Wildman–Crippen MR) is 65.9 cm³/mol. The summed E-state index contributed by atoms with van der Waals surface area (Å²) < 4.78 is 0. The molecule has 0 radical (unpaired) electrons. The molecular formula is C10H13N7O. The fourth-order valence-corrected chi connectivity index (χ4v) is 2.11. The number of hydrogen-bond donors (Lipinski definition) is 3. The van der Waals surface area contributed by atoms with Crippen molar-refractivity contribution in [3.8, 4) is 0 Å². The molecule has 0 aliphatic carbocycles. The number of carbonyl (C=O) groups is 1. The van der Waals surface area contributed by atoms with Gasteiger partial charge >= 0.3 is 0 Å². The third kappa shape index (κ3) is 1.53. The summed E-state index contributed by atoms with van der Waals surface area (Å²) in [6.07, 6.45) is 1.54. The highest BCUT2D eigenvalue weighted by Gasteiger charge is 2.28. The third-order valence-electron chi connectivity index (χ3n) is 3.05. The van der Waals surface area contributed by atoms with Crippen LogP contribution in [0.5, 0.6) is 0 Å². The monoisotopic (exact) mass is 247 g/mol. The molecule has 2 aromatic rings. The number of aromatic nitrogens is 4. The van der Waals surface area contributed by atoms with Crippen molar-refractivity contribution in [3.63, 3.8) is 0 Å². The molecule has 0 bridgehead atoms. The lowest BCUT2D eigenvalue weighted by Crippen LogP contribution is -2.54. The Morgan fingerprint density at radius 1 is 1.50 bits per heavy atom. The molecule has 94 valence electrons. The van der Waals surface area contributed by atoms with E-state index in [0.717, 1.165) is 0 Å². The molecule has 3 rings (SSSR count). The van der Waals surface area contributed by atoms with Gasteiger partial charge in [0, 0.05) is 13.1 Å². The first-order chi connectivity index (χ1) is 8.66. The molecule has 0 aromatic carbocycles. The maximum atomic E-state index is 11.7. The van der Waals surface area contributed by atoms with E-state index in [1.165, 1.54) is 6.33 Å². The molecule has 1 atom stereocenters. The number of piperazine rings is 1. The van der Waals surface area contributed by atoms with Crippen molar-refractivity contribution in [2.24, 2.45) is 0 Å². The fourth-order valence-electron chi connectivity index (χ4n) is 2.11. The van der Waals surface area contributed by atoms with Crippen LogP contribution in [0.15, 0.2) is 6.33 Å². The van der Waals surface area contributed by atoms with Crippen molar-refractivity contribution in [3.05, 3.63) is 6.33 Å². The number of rotatable bonds is 1. The SMILES string of the molecule is CC1C(=O)NCCN1c1nc(N)nc2nc[nH]c12. The molecule has 3 heterocycles. The first-order valence-corrected chi connectivity index (χ1v) is 5.68. The molecule has 18 heavy (non-hydrogen) atoms. The van der Waals surface area contributed by atoms with Gasteiger partial charge in [0.15, 0.2) is 11.5 Å². The maximum absolute atomic E-state index is 11.7. The molecule has 1 aliphatic heterocycles. The van der Waals surface area contributed by atoms with Gasteiger partial charge in [-0.3, -0.25) is 4.79 Å². The Hall–Kier alpha value is -2.38. The van der Waals surface area contributed by atoms with E-state index in [2.05, 4.69) is 25.3 Å². The lowest BCUT2D eigenvalue weighted by Gasteiger charge is -2.33. The van der Waals surface area contributed by atoms with Crippen LogP contribution >= 0.6 is 0 Å². The predicted octanol–water partition coefficient (Wildman–Crippen LogP) is -0.740. The second-order valence-electron chi connectivity index (χ2n) is 4.17.